The number of carbonyl (C=O) groups is 1. The number of methoxy groups -OCH3 is 1. The van der Waals surface area contributed by atoms with E-state index in [0.29, 0.717) is 25.3 Å². The summed E-state index contributed by atoms with van der Waals surface area (Å²) in [5.41, 5.74) is 7.58. The molecule has 1 fully saturated rings. The minimum atomic E-state index is 0.0357. The van der Waals surface area contributed by atoms with Gasteiger partial charge in [-0.3, -0.25) is 9.48 Å². The highest BCUT2D eigenvalue weighted by atomic mass is 16.5. The van der Waals surface area contributed by atoms with Gasteiger partial charge in [0, 0.05) is 31.6 Å². The van der Waals surface area contributed by atoms with Crippen LogP contribution in [0.15, 0.2) is 42.9 Å². The van der Waals surface area contributed by atoms with Gasteiger partial charge in [-0.2, -0.15) is 10.2 Å². The van der Waals surface area contributed by atoms with Crippen molar-refractivity contribution in [3.63, 3.8) is 0 Å². The number of fused-ring (bicyclic) bond motifs is 1. The van der Waals surface area contributed by atoms with Gasteiger partial charge in [0.05, 0.1) is 36.8 Å². The second kappa shape index (κ2) is 6.80. The van der Waals surface area contributed by atoms with E-state index in [-0.39, 0.29) is 18.1 Å². The molecule has 3 aromatic heterocycles. The van der Waals surface area contributed by atoms with Gasteiger partial charge in [-0.05, 0) is 24.6 Å². The van der Waals surface area contributed by atoms with Gasteiger partial charge in [0.15, 0.2) is 0 Å². The average Bonchev–Trinajstić information content (AvgIpc) is 3.35. The van der Waals surface area contributed by atoms with Gasteiger partial charge in [-0.1, -0.05) is 6.07 Å². The number of likely N-dealkylation sites (tertiary alicyclic amines) is 1. The molecular formula is C18H22N6O2. The van der Waals surface area contributed by atoms with Crippen molar-refractivity contribution in [3.05, 3.63) is 48.4 Å². The molecule has 8 heteroatoms. The number of nitrogens with zero attached hydrogens (tertiary/aromatic N) is 5. The number of amides is 1. The van der Waals surface area contributed by atoms with Gasteiger partial charge in [0.2, 0.25) is 5.91 Å². The lowest BCUT2D eigenvalue weighted by atomic mass is 10.1. The van der Waals surface area contributed by atoms with Crippen LogP contribution in [0.4, 0.5) is 5.82 Å². The van der Waals surface area contributed by atoms with Crippen molar-refractivity contribution in [1.29, 1.82) is 0 Å². The standard InChI is InChI=1S/C18H22N6O2/c1-26-15-9-14(11-22-7-5-17(19)21-22)23(12-15)18(25)8-13-10-20-24-6-3-2-4-16(13)24/h2-7,10,14-15H,8-9,11-12H2,1H3,(H2,19,21)/t14-,15+/m0/s1. The van der Waals surface area contributed by atoms with Crippen LogP contribution in [0, 0.1) is 0 Å². The average molecular weight is 354 g/mol. The van der Waals surface area contributed by atoms with Gasteiger partial charge in [-0.15, -0.1) is 0 Å². The first kappa shape index (κ1) is 16.6. The third kappa shape index (κ3) is 3.15. The molecule has 0 spiro atoms. The summed E-state index contributed by atoms with van der Waals surface area (Å²) >= 11 is 0. The fourth-order valence-electron chi connectivity index (χ4n) is 3.61. The summed E-state index contributed by atoms with van der Waals surface area (Å²) in [7, 11) is 1.69. The summed E-state index contributed by atoms with van der Waals surface area (Å²) in [6, 6.07) is 7.64. The van der Waals surface area contributed by atoms with E-state index in [1.165, 1.54) is 0 Å². The van der Waals surface area contributed by atoms with Gasteiger partial charge in [0.1, 0.15) is 5.82 Å². The van der Waals surface area contributed by atoms with E-state index < -0.39 is 0 Å². The van der Waals surface area contributed by atoms with Crippen molar-refractivity contribution in [1.82, 2.24) is 24.3 Å². The molecule has 1 saturated heterocycles. The number of rotatable bonds is 5. The highest BCUT2D eigenvalue weighted by molar-refractivity contribution is 5.81. The Morgan fingerprint density at radius 3 is 3.00 bits per heavy atom. The van der Waals surface area contributed by atoms with Crippen LogP contribution in [-0.2, 0) is 22.5 Å². The molecule has 3 aromatic rings. The number of hydrogen-bond donors (Lipinski definition) is 1. The number of anilines is 1. The molecule has 8 nitrogen and oxygen atoms in total. The van der Waals surface area contributed by atoms with Crippen molar-refractivity contribution in [3.8, 4) is 0 Å². The normalized spacial score (nSPS) is 20.1. The molecule has 0 unspecified atom stereocenters. The first-order valence-electron chi connectivity index (χ1n) is 8.66. The van der Waals surface area contributed by atoms with Crippen LogP contribution in [-0.4, -0.2) is 56.0 Å². The molecule has 0 aromatic carbocycles. The maximum atomic E-state index is 13.0. The zero-order valence-electron chi connectivity index (χ0n) is 14.7. The third-order valence-corrected chi connectivity index (χ3v) is 4.94. The lowest BCUT2D eigenvalue weighted by Gasteiger charge is -2.24. The molecule has 0 saturated carbocycles. The minimum Gasteiger partial charge on any atom is -0.382 e. The maximum absolute atomic E-state index is 13.0. The van der Waals surface area contributed by atoms with E-state index in [0.717, 1.165) is 17.5 Å². The Kier molecular flexibility index (Phi) is 4.34. The van der Waals surface area contributed by atoms with Crippen LogP contribution in [0.25, 0.3) is 5.52 Å². The van der Waals surface area contributed by atoms with Crippen LogP contribution >= 0.6 is 0 Å². The number of nitrogens with two attached hydrogens (primary N) is 1. The van der Waals surface area contributed by atoms with E-state index in [1.54, 1.807) is 28.6 Å². The van der Waals surface area contributed by atoms with Crippen molar-refractivity contribution in [2.75, 3.05) is 19.4 Å². The van der Waals surface area contributed by atoms with Gasteiger partial charge in [0.25, 0.3) is 0 Å². The molecule has 2 N–H and O–H groups in total. The third-order valence-electron chi connectivity index (χ3n) is 4.94. The van der Waals surface area contributed by atoms with Crippen LogP contribution in [0.5, 0.6) is 0 Å². The smallest absolute Gasteiger partial charge is 0.227 e. The Bertz CT molecular complexity index is 917. The predicted molar refractivity (Wildman–Crippen MR) is 96.5 cm³/mol. The van der Waals surface area contributed by atoms with Crippen molar-refractivity contribution >= 4 is 17.2 Å². The van der Waals surface area contributed by atoms with E-state index >= 15 is 0 Å². The molecule has 1 aliphatic heterocycles. The molecule has 1 aliphatic rings. The molecule has 0 radical (unpaired) electrons. The molecule has 0 aliphatic carbocycles. The summed E-state index contributed by atoms with van der Waals surface area (Å²) in [5.74, 6) is 0.559. The molecule has 136 valence electrons. The van der Waals surface area contributed by atoms with Crippen LogP contribution in [0.3, 0.4) is 0 Å². The van der Waals surface area contributed by atoms with Gasteiger partial charge >= 0.3 is 0 Å². The molecule has 4 heterocycles. The molecular weight excluding hydrogens is 332 g/mol. The largest absolute Gasteiger partial charge is 0.382 e. The zero-order chi connectivity index (χ0) is 18.1. The summed E-state index contributed by atoms with van der Waals surface area (Å²) in [6.07, 6.45) is 6.63. The summed E-state index contributed by atoms with van der Waals surface area (Å²) in [6.45, 7) is 1.20. The van der Waals surface area contributed by atoms with Crippen LogP contribution in [0.1, 0.15) is 12.0 Å². The number of carbonyl (C=O) groups excluding carboxylic acids is 1. The Morgan fingerprint density at radius 1 is 1.35 bits per heavy atom. The first-order valence-corrected chi connectivity index (χ1v) is 8.66. The Labute approximate surface area is 151 Å². The van der Waals surface area contributed by atoms with Crippen molar-refractivity contribution < 1.29 is 9.53 Å². The molecule has 26 heavy (non-hydrogen) atoms. The topological polar surface area (TPSA) is 90.7 Å². The number of pyridine rings is 1. The summed E-state index contributed by atoms with van der Waals surface area (Å²) < 4.78 is 9.08. The Balaban J connectivity index is 1.52. The van der Waals surface area contributed by atoms with Crippen molar-refractivity contribution in [2.24, 2.45) is 0 Å². The summed E-state index contributed by atoms with van der Waals surface area (Å²) in [5, 5.41) is 8.55. The molecule has 2 atom stereocenters. The van der Waals surface area contributed by atoms with Gasteiger partial charge < -0.3 is 15.4 Å². The number of hydrogen-bond acceptors (Lipinski definition) is 5. The predicted octanol–water partition coefficient (Wildman–Crippen LogP) is 0.972. The fraction of sp³-hybridized carbons (Fsp3) is 0.389. The second-order valence-electron chi connectivity index (χ2n) is 6.63. The quantitative estimate of drug-likeness (QED) is 0.737. The molecule has 4 rings (SSSR count). The van der Waals surface area contributed by atoms with Gasteiger partial charge in [-0.25, -0.2) is 4.52 Å². The first-order chi connectivity index (χ1) is 12.6. The monoisotopic (exact) mass is 354 g/mol. The Morgan fingerprint density at radius 2 is 2.23 bits per heavy atom. The van der Waals surface area contributed by atoms with E-state index in [9.17, 15) is 4.79 Å². The van der Waals surface area contributed by atoms with Crippen LogP contribution < -0.4 is 5.73 Å². The second-order valence-corrected chi connectivity index (χ2v) is 6.63. The van der Waals surface area contributed by atoms with Crippen LogP contribution in [0.2, 0.25) is 0 Å². The summed E-state index contributed by atoms with van der Waals surface area (Å²) in [4.78, 5) is 14.9. The van der Waals surface area contributed by atoms with E-state index in [1.807, 2.05) is 35.5 Å². The number of nitrogen functional groups attached to an aromatic ring is 1. The Hall–Kier alpha value is -2.87. The maximum Gasteiger partial charge on any atom is 0.227 e. The SMILES string of the molecule is CO[C@@H]1C[C@@H](Cn2ccc(N)n2)N(C(=O)Cc2cnn3ccccc23)C1. The fourth-order valence-corrected chi connectivity index (χ4v) is 3.61. The highest BCUT2D eigenvalue weighted by Crippen LogP contribution is 2.23. The minimum absolute atomic E-state index is 0.0357. The lowest BCUT2D eigenvalue weighted by Crippen LogP contribution is -2.39. The van der Waals surface area contributed by atoms with E-state index in [2.05, 4.69) is 10.2 Å². The number of ether oxygens (including phenoxy) is 1. The molecule has 0 bridgehead atoms. The van der Waals surface area contributed by atoms with E-state index in [4.69, 9.17) is 10.5 Å². The lowest BCUT2D eigenvalue weighted by molar-refractivity contribution is -0.131. The highest BCUT2D eigenvalue weighted by Gasteiger charge is 2.35. The van der Waals surface area contributed by atoms with Crippen molar-refractivity contribution in [2.45, 2.75) is 31.5 Å². The number of aromatic nitrogens is 4. The molecule has 1 amide bonds. The zero-order valence-corrected chi connectivity index (χ0v) is 14.7.